The fraction of sp³-hybridized carbons (Fsp3) is 0.769. The third kappa shape index (κ3) is 9.81. The van der Waals surface area contributed by atoms with Gasteiger partial charge in [-0.25, -0.2) is 0 Å². The Labute approximate surface area is 108 Å². The number of Topliss-reactive ketones (excluding diaryl/α,β-unsaturated/α-hetero) is 1. The Morgan fingerprint density at radius 1 is 0.722 bits per heavy atom. The second-order valence-corrected chi connectivity index (χ2v) is 6.07. The van der Waals surface area contributed by atoms with Gasteiger partial charge in [-0.1, -0.05) is 0 Å². The number of ketones is 1. The standard InChI is InChI=1S/C13H22O5/c1-12(2,3)17-10(15)7-9(14)8-11(16)18-13(4,5)6/h7-8H2,1-6H3. The molecule has 0 spiro atoms. The molecule has 0 amide bonds. The van der Waals surface area contributed by atoms with Crippen molar-refractivity contribution >= 4 is 17.7 Å². The summed E-state index contributed by atoms with van der Waals surface area (Å²) in [6, 6.07) is 0. The predicted molar refractivity (Wildman–Crippen MR) is 65.9 cm³/mol. The summed E-state index contributed by atoms with van der Waals surface area (Å²) in [5, 5.41) is 0. The van der Waals surface area contributed by atoms with Crippen molar-refractivity contribution < 1.29 is 23.9 Å². The molecule has 0 bridgehead atoms. The zero-order valence-electron chi connectivity index (χ0n) is 12.0. The molecular formula is C13H22O5. The Hall–Kier alpha value is -1.39. The monoisotopic (exact) mass is 258 g/mol. The Kier molecular flexibility index (Phi) is 5.52. The van der Waals surface area contributed by atoms with Crippen LogP contribution in [0.4, 0.5) is 0 Å². The van der Waals surface area contributed by atoms with Crippen LogP contribution in [0.25, 0.3) is 0 Å². The summed E-state index contributed by atoms with van der Waals surface area (Å²) in [5.41, 5.74) is -1.27. The van der Waals surface area contributed by atoms with Crippen LogP contribution in [0.5, 0.6) is 0 Å². The van der Waals surface area contributed by atoms with Crippen molar-refractivity contribution in [2.75, 3.05) is 0 Å². The average Bonchev–Trinajstić information content (AvgIpc) is 1.92. The summed E-state index contributed by atoms with van der Waals surface area (Å²) in [6.45, 7) is 10.3. The van der Waals surface area contributed by atoms with Gasteiger partial charge in [-0.15, -0.1) is 0 Å². The van der Waals surface area contributed by atoms with E-state index in [4.69, 9.17) is 9.47 Å². The highest BCUT2D eigenvalue weighted by atomic mass is 16.6. The minimum Gasteiger partial charge on any atom is -0.460 e. The van der Waals surface area contributed by atoms with Crippen LogP contribution in [0.15, 0.2) is 0 Å². The van der Waals surface area contributed by atoms with Crippen molar-refractivity contribution in [3.8, 4) is 0 Å². The van der Waals surface area contributed by atoms with Crippen molar-refractivity contribution in [1.29, 1.82) is 0 Å². The quantitative estimate of drug-likeness (QED) is 0.570. The van der Waals surface area contributed by atoms with E-state index in [1.165, 1.54) is 0 Å². The smallest absolute Gasteiger partial charge is 0.313 e. The molecule has 0 aromatic rings. The first kappa shape index (κ1) is 16.6. The van der Waals surface area contributed by atoms with Gasteiger partial charge >= 0.3 is 11.9 Å². The molecule has 0 radical (unpaired) electrons. The summed E-state index contributed by atoms with van der Waals surface area (Å²) in [4.78, 5) is 34.1. The van der Waals surface area contributed by atoms with Crippen LogP contribution in [0, 0.1) is 0 Å². The molecule has 0 aliphatic rings. The van der Waals surface area contributed by atoms with Crippen LogP contribution in [0.1, 0.15) is 54.4 Å². The van der Waals surface area contributed by atoms with Crippen molar-refractivity contribution in [3.63, 3.8) is 0 Å². The highest BCUT2D eigenvalue weighted by Crippen LogP contribution is 2.11. The molecule has 0 aliphatic carbocycles. The minimum atomic E-state index is -0.636. The van der Waals surface area contributed by atoms with Crippen LogP contribution >= 0.6 is 0 Å². The molecule has 0 aromatic carbocycles. The highest BCUT2D eigenvalue weighted by Gasteiger charge is 2.23. The highest BCUT2D eigenvalue weighted by molar-refractivity contribution is 6.03. The van der Waals surface area contributed by atoms with Crippen LogP contribution in [0.2, 0.25) is 0 Å². The van der Waals surface area contributed by atoms with Gasteiger partial charge in [0.15, 0.2) is 5.78 Å². The zero-order valence-corrected chi connectivity index (χ0v) is 12.0. The molecule has 0 saturated carbocycles. The van der Waals surface area contributed by atoms with E-state index < -0.39 is 41.8 Å². The van der Waals surface area contributed by atoms with E-state index >= 15 is 0 Å². The fourth-order valence-electron chi connectivity index (χ4n) is 1.14. The lowest BCUT2D eigenvalue weighted by molar-refractivity contribution is -0.158. The lowest BCUT2D eigenvalue weighted by atomic mass is 10.1. The second-order valence-electron chi connectivity index (χ2n) is 6.07. The largest absolute Gasteiger partial charge is 0.460 e. The predicted octanol–water partition coefficient (Wildman–Crippen LogP) is 2.02. The maximum atomic E-state index is 11.4. The Morgan fingerprint density at radius 3 is 1.22 bits per heavy atom. The normalized spacial score (nSPS) is 11.9. The van der Waals surface area contributed by atoms with Crippen molar-refractivity contribution in [2.45, 2.75) is 65.6 Å². The summed E-state index contributed by atoms with van der Waals surface area (Å²) < 4.78 is 9.96. The number of hydrogen-bond acceptors (Lipinski definition) is 5. The third-order valence-corrected chi connectivity index (χ3v) is 1.52. The number of carbonyl (C=O) groups is 3. The summed E-state index contributed by atoms with van der Waals surface area (Å²) in [7, 11) is 0. The molecule has 0 atom stereocenters. The molecule has 0 N–H and O–H groups in total. The summed E-state index contributed by atoms with van der Waals surface area (Å²) in [5.74, 6) is -1.76. The number of hydrogen-bond donors (Lipinski definition) is 0. The Morgan fingerprint density at radius 2 is 1.00 bits per heavy atom. The van der Waals surface area contributed by atoms with Crippen LogP contribution in [-0.4, -0.2) is 28.9 Å². The van der Waals surface area contributed by atoms with Crippen LogP contribution in [0.3, 0.4) is 0 Å². The molecule has 0 heterocycles. The van der Waals surface area contributed by atoms with Gasteiger partial charge in [0.2, 0.25) is 0 Å². The van der Waals surface area contributed by atoms with Crippen LogP contribution < -0.4 is 0 Å². The SMILES string of the molecule is CC(C)(C)OC(=O)CC(=O)CC(=O)OC(C)(C)C. The van der Waals surface area contributed by atoms with Crippen molar-refractivity contribution in [2.24, 2.45) is 0 Å². The van der Waals surface area contributed by atoms with Gasteiger partial charge in [0.05, 0.1) is 0 Å². The van der Waals surface area contributed by atoms with Gasteiger partial charge in [0.1, 0.15) is 24.0 Å². The van der Waals surface area contributed by atoms with Crippen molar-refractivity contribution in [3.05, 3.63) is 0 Å². The molecule has 5 heteroatoms. The van der Waals surface area contributed by atoms with Gasteiger partial charge in [-0.2, -0.15) is 0 Å². The first-order valence-corrected chi connectivity index (χ1v) is 5.84. The molecule has 0 saturated heterocycles. The van der Waals surface area contributed by atoms with E-state index in [1.54, 1.807) is 41.5 Å². The molecule has 5 nitrogen and oxygen atoms in total. The van der Waals surface area contributed by atoms with Gasteiger partial charge < -0.3 is 9.47 Å². The lowest BCUT2D eigenvalue weighted by Crippen LogP contribution is -2.28. The summed E-state index contributed by atoms with van der Waals surface area (Å²) in [6.07, 6.45) is -0.812. The zero-order chi connectivity index (χ0) is 14.6. The van der Waals surface area contributed by atoms with Gasteiger partial charge in [0, 0.05) is 0 Å². The topological polar surface area (TPSA) is 69.7 Å². The molecule has 18 heavy (non-hydrogen) atoms. The van der Waals surface area contributed by atoms with E-state index in [0.29, 0.717) is 0 Å². The molecule has 0 aliphatic heterocycles. The molecule has 0 fully saturated rings. The lowest BCUT2D eigenvalue weighted by Gasteiger charge is -2.20. The number of ether oxygens (including phenoxy) is 2. The molecule has 104 valence electrons. The number of rotatable bonds is 4. The van der Waals surface area contributed by atoms with Crippen LogP contribution in [-0.2, 0) is 23.9 Å². The third-order valence-electron chi connectivity index (χ3n) is 1.52. The van der Waals surface area contributed by atoms with Gasteiger partial charge in [-0.3, -0.25) is 14.4 Å². The number of carbonyl (C=O) groups excluding carboxylic acids is 3. The van der Waals surface area contributed by atoms with Gasteiger partial charge in [-0.05, 0) is 41.5 Å². The van der Waals surface area contributed by atoms with Gasteiger partial charge in [0.25, 0.3) is 0 Å². The molecule has 0 unspecified atom stereocenters. The van der Waals surface area contributed by atoms with E-state index in [9.17, 15) is 14.4 Å². The number of esters is 2. The van der Waals surface area contributed by atoms with E-state index in [2.05, 4.69) is 0 Å². The molecule has 0 rings (SSSR count). The average molecular weight is 258 g/mol. The second kappa shape index (κ2) is 5.98. The molecular weight excluding hydrogens is 236 g/mol. The molecule has 0 aromatic heterocycles. The van der Waals surface area contributed by atoms with E-state index in [0.717, 1.165) is 0 Å². The minimum absolute atomic E-state index is 0.406. The van der Waals surface area contributed by atoms with E-state index in [1.807, 2.05) is 0 Å². The maximum Gasteiger partial charge on any atom is 0.313 e. The Balaban J connectivity index is 4.13. The Bertz CT molecular complexity index is 298. The summed E-state index contributed by atoms with van der Waals surface area (Å²) >= 11 is 0. The first-order chi connectivity index (χ1) is 7.89. The van der Waals surface area contributed by atoms with E-state index in [-0.39, 0.29) is 0 Å². The first-order valence-electron chi connectivity index (χ1n) is 5.84. The fourth-order valence-corrected chi connectivity index (χ4v) is 1.14. The van der Waals surface area contributed by atoms with Crippen molar-refractivity contribution in [1.82, 2.24) is 0 Å². The maximum absolute atomic E-state index is 11.4.